The van der Waals surface area contributed by atoms with Crippen LogP contribution in [-0.4, -0.2) is 19.1 Å². The Morgan fingerprint density at radius 3 is 2.50 bits per heavy atom. The molecule has 0 bridgehead atoms. The zero-order chi connectivity index (χ0) is 13.2. The number of methoxy groups -OCH3 is 1. The lowest BCUT2D eigenvalue weighted by Crippen LogP contribution is -2.31. The average Bonchev–Trinajstić information content (AvgIpc) is 2.42. The SMILES string of the molecule is COC(N)C(=O)CCCCCCc1ccccc1. The normalized spacial score (nSPS) is 12.3. The molecule has 0 heterocycles. The summed E-state index contributed by atoms with van der Waals surface area (Å²) in [4.78, 5) is 11.4. The lowest BCUT2D eigenvalue weighted by atomic mass is 10.0. The lowest BCUT2D eigenvalue weighted by molar-refractivity contribution is -0.128. The molecule has 1 aromatic carbocycles. The van der Waals surface area contributed by atoms with Crippen molar-refractivity contribution in [2.75, 3.05) is 7.11 Å². The monoisotopic (exact) mass is 249 g/mol. The van der Waals surface area contributed by atoms with Gasteiger partial charge < -0.3 is 4.74 Å². The molecule has 0 aliphatic rings. The van der Waals surface area contributed by atoms with E-state index in [1.165, 1.54) is 19.1 Å². The smallest absolute Gasteiger partial charge is 0.176 e. The number of carbonyl (C=O) groups is 1. The van der Waals surface area contributed by atoms with Crippen LogP contribution in [0.25, 0.3) is 0 Å². The van der Waals surface area contributed by atoms with Crippen LogP contribution in [0.4, 0.5) is 0 Å². The molecule has 3 heteroatoms. The predicted octanol–water partition coefficient (Wildman–Crippen LogP) is 2.68. The first-order valence-corrected chi connectivity index (χ1v) is 6.59. The first-order valence-electron chi connectivity index (χ1n) is 6.59. The van der Waals surface area contributed by atoms with Gasteiger partial charge in [0.1, 0.15) is 0 Å². The molecular weight excluding hydrogens is 226 g/mol. The number of rotatable bonds is 9. The summed E-state index contributed by atoms with van der Waals surface area (Å²) in [5.41, 5.74) is 6.85. The molecule has 1 atom stereocenters. The highest BCUT2D eigenvalue weighted by Crippen LogP contribution is 2.09. The zero-order valence-electron chi connectivity index (χ0n) is 11.1. The summed E-state index contributed by atoms with van der Waals surface area (Å²) >= 11 is 0. The molecule has 0 aliphatic carbocycles. The third-order valence-electron chi connectivity index (χ3n) is 3.05. The minimum absolute atomic E-state index is 0.000518. The number of nitrogens with two attached hydrogens (primary N) is 1. The third-order valence-corrected chi connectivity index (χ3v) is 3.05. The minimum atomic E-state index is -0.741. The minimum Gasteiger partial charge on any atom is -0.359 e. The number of aryl methyl sites for hydroxylation is 1. The van der Waals surface area contributed by atoms with Gasteiger partial charge in [-0.3, -0.25) is 10.5 Å². The Labute approximate surface area is 109 Å². The number of Topliss-reactive ketones (excluding diaryl/α,β-unsaturated/α-hetero) is 1. The van der Waals surface area contributed by atoms with Crippen LogP contribution in [0.3, 0.4) is 0 Å². The maximum Gasteiger partial charge on any atom is 0.176 e. The number of hydrogen-bond acceptors (Lipinski definition) is 3. The molecule has 0 radical (unpaired) electrons. The van der Waals surface area contributed by atoms with Crippen molar-refractivity contribution >= 4 is 5.78 Å². The number of unbranched alkanes of at least 4 members (excludes halogenated alkanes) is 3. The molecule has 0 fully saturated rings. The molecule has 0 spiro atoms. The summed E-state index contributed by atoms with van der Waals surface area (Å²) < 4.78 is 4.78. The molecule has 0 aliphatic heterocycles. The van der Waals surface area contributed by atoms with E-state index >= 15 is 0 Å². The maximum atomic E-state index is 11.4. The Morgan fingerprint density at radius 2 is 1.83 bits per heavy atom. The van der Waals surface area contributed by atoms with Crippen molar-refractivity contribution in [3.63, 3.8) is 0 Å². The van der Waals surface area contributed by atoms with Crippen LogP contribution < -0.4 is 5.73 Å². The molecule has 0 saturated heterocycles. The maximum absolute atomic E-state index is 11.4. The second kappa shape index (κ2) is 8.84. The van der Waals surface area contributed by atoms with Gasteiger partial charge in [-0.15, -0.1) is 0 Å². The highest BCUT2D eigenvalue weighted by molar-refractivity contribution is 5.82. The summed E-state index contributed by atoms with van der Waals surface area (Å²) in [6.45, 7) is 0. The lowest BCUT2D eigenvalue weighted by Gasteiger charge is -2.07. The zero-order valence-corrected chi connectivity index (χ0v) is 11.1. The van der Waals surface area contributed by atoms with Crippen molar-refractivity contribution in [3.8, 4) is 0 Å². The third kappa shape index (κ3) is 5.94. The van der Waals surface area contributed by atoms with Crippen LogP contribution in [0.2, 0.25) is 0 Å². The summed E-state index contributed by atoms with van der Waals surface area (Å²) in [5, 5.41) is 0. The second-order valence-electron chi connectivity index (χ2n) is 4.52. The van der Waals surface area contributed by atoms with Crippen LogP contribution in [-0.2, 0) is 16.0 Å². The Hall–Kier alpha value is -1.19. The number of ether oxygens (including phenoxy) is 1. The van der Waals surface area contributed by atoms with Gasteiger partial charge in [-0.05, 0) is 24.8 Å². The van der Waals surface area contributed by atoms with Crippen molar-refractivity contribution in [3.05, 3.63) is 35.9 Å². The molecule has 3 nitrogen and oxygen atoms in total. The molecule has 0 amide bonds. The average molecular weight is 249 g/mol. The summed E-state index contributed by atoms with van der Waals surface area (Å²) in [7, 11) is 1.46. The Bertz CT molecular complexity index is 338. The van der Waals surface area contributed by atoms with Gasteiger partial charge in [0.15, 0.2) is 12.0 Å². The molecule has 1 aromatic rings. The summed E-state index contributed by atoms with van der Waals surface area (Å²) in [5.74, 6) is 0.000518. The number of ketones is 1. The molecular formula is C15H23NO2. The Balaban J connectivity index is 2.01. The first-order chi connectivity index (χ1) is 8.74. The second-order valence-corrected chi connectivity index (χ2v) is 4.52. The van der Waals surface area contributed by atoms with E-state index in [1.54, 1.807) is 0 Å². The van der Waals surface area contributed by atoms with Crippen molar-refractivity contribution in [1.29, 1.82) is 0 Å². The van der Waals surface area contributed by atoms with Gasteiger partial charge in [-0.25, -0.2) is 0 Å². The fourth-order valence-electron chi connectivity index (χ4n) is 1.90. The van der Waals surface area contributed by atoms with Crippen molar-refractivity contribution in [2.24, 2.45) is 5.73 Å². The van der Waals surface area contributed by atoms with E-state index in [2.05, 4.69) is 24.3 Å². The van der Waals surface area contributed by atoms with Gasteiger partial charge in [0.25, 0.3) is 0 Å². The van der Waals surface area contributed by atoms with Gasteiger partial charge in [0.05, 0.1) is 0 Å². The first kappa shape index (κ1) is 14.9. The predicted molar refractivity (Wildman–Crippen MR) is 73.2 cm³/mol. The molecule has 1 unspecified atom stereocenters. The number of hydrogen-bond donors (Lipinski definition) is 1. The van der Waals surface area contributed by atoms with E-state index in [0.29, 0.717) is 6.42 Å². The van der Waals surface area contributed by atoms with Crippen LogP contribution in [0, 0.1) is 0 Å². The Morgan fingerprint density at radius 1 is 1.17 bits per heavy atom. The van der Waals surface area contributed by atoms with E-state index in [4.69, 9.17) is 10.5 Å². The largest absolute Gasteiger partial charge is 0.359 e. The van der Waals surface area contributed by atoms with E-state index in [-0.39, 0.29) is 5.78 Å². The molecule has 0 saturated carbocycles. The molecule has 100 valence electrons. The Kier molecular flexibility index (Phi) is 7.30. The van der Waals surface area contributed by atoms with Crippen LogP contribution >= 0.6 is 0 Å². The van der Waals surface area contributed by atoms with Crippen molar-refractivity contribution in [1.82, 2.24) is 0 Å². The van der Waals surface area contributed by atoms with Gasteiger partial charge in [-0.2, -0.15) is 0 Å². The van der Waals surface area contributed by atoms with E-state index < -0.39 is 6.23 Å². The van der Waals surface area contributed by atoms with Crippen molar-refractivity contribution in [2.45, 2.75) is 44.8 Å². The molecule has 1 rings (SSSR count). The number of carbonyl (C=O) groups excluding carboxylic acids is 1. The molecule has 2 N–H and O–H groups in total. The van der Waals surface area contributed by atoms with E-state index in [0.717, 1.165) is 25.7 Å². The number of benzene rings is 1. The van der Waals surface area contributed by atoms with Crippen LogP contribution in [0.15, 0.2) is 30.3 Å². The van der Waals surface area contributed by atoms with Crippen LogP contribution in [0.1, 0.15) is 37.7 Å². The van der Waals surface area contributed by atoms with Gasteiger partial charge in [0, 0.05) is 13.5 Å². The van der Waals surface area contributed by atoms with Gasteiger partial charge in [0.2, 0.25) is 0 Å². The highest BCUT2D eigenvalue weighted by Gasteiger charge is 2.10. The standard InChI is InChI=1S/C15H23NO2/c1-18-15(16)14(17)12-8-3-2-5-9-13-10-6-4-7-11-13/h4,6-7,10-11,15H,2-3,5,8-9,12,16H2,1H3. The highest BCUT2D eigenvalue weighted by atomic mass is 16.5. The summed E-state index contributed by atoms with van der Waals surface area (Å²) in [6.07, 6.45) is 5.22. The topological polar surface area (TPSA) is 52.3 Å². The molecule has 18 heavy (non-hydrogen) atoms. The fraction of sp³-hybridized carbons (Fsp3) is 0.533. The van der Waals surface area contributed by atoms with E-state index in [9.17, 15) is 4.79 Å². The van der Waals surface area contributed by atoms with Gasteiger partial charge >= 0.3 is 0 Å². The fourth-order valence-corrected chi connectivity index (χ4v) is 1.90. The quantitative estimate of drug-likeness (QED) is 0.541. The molecule has 0 aromatic heterocycles. The summed E-state index contributed by atoms with van der Waals surface area (Å²) in [6, 6.07) is 10.5. The van der Waals surface area contributed by atoms with Crippen molar-refractivity contribution < 1.29 is 9.53 Å². The van der Waals surface area contributed by atoms with Crippen LogP contribution in [0.5, 0.6) is 0 Å². The van der Waals surface area contributed by atoms with E-state index in [1.807, 2.05) is 6.07 Å². The van der Waals surface area contributed by atoms with Gasteiger partial charge in [-0.1, -0.05) is 43.2 Å².